The van der Waals surface area contributed by atoms with E-state index in [-0.39, 0.29) is 16.4 Å². The van der Waals surface area contributed by atoms with Crippen LogP contribution in [-0.2, 0) is 14.8 Å². The van der Waals surface area contributed by atoms with E-state index in [1.165, 1.54) is 32.0 Å². The van der Waals surface area contributed by atoms with Crippen LogP contribution in [0.5, 0.6) is 0 Å². The molecule has 35 heavy (non-hydrogen) atoms. The van der Waals surface area contributed by atoms with Crippen molar-refractivity contribution in [1.82, 2.24) is 10.1 Å². The van der Waals surface area contributed by atoms with Gasteiger partial charge in [0.25, 0.3) is 15.9 Å². The summed E-state index contributed by atoms with van der Waals surface area (Å²) in [5.41, 5.74) is 0.584. The normalized spacial score (nSPS) is 11.7. The van der Waals surface area contributed by atoms with Crippen LogP contribution in [-0.4, -0.2) is 31.1 Å². The lowest BCUT2D eigenvalue weighted by molar-refractivity contribution is -0.124. The third-order valence-corrected chi connectivity index (χ3v) is 6.55. The monoisotopic (exact) mass is 494 g/mol. The highest BCUT2D eigenvalue weighted by Gasteiger charge is 2.27. The van der Waals surface area contributed by atoms with Crippen LogP contribution in [0.4, 0.5) is 15.8 Å². The van der Waals surface area contributed by atoms with Gasteiger partial charge in [-0.1, -0.05) is 41.6 Å². The molecule has 0 atom stereocenters. The van der Waals surface area contributed by atoms with Crippen molar-refractivity contribution in [2.24, 2.45) is 5.41 Å². The Morgan fingerprint density at radius 3 is 2.37 bits per heavy atom. The lowest BCUT2D eigenvalue weighted by Crippen LogP contribution is -2.32. The van der Waals surface area contributed by atoms with Crippen molar-refractivity contribution in [1.29, 1.82) is 0 Å². The molecule has 0 spiro atoms. The largest absolute Gasteiger partial charge is 0.334 e. The first-order valence-corrected chi connectivity index (χ1v) is 12.2. The number of nitrogens with one attached hydrogen (secondary N) is 2. The lowest BCUT2D eigenvalue weighted by atomic mass is 9.94. The van der Waals surface area contributed by atoms with E-state index in [1.807, 2.05) is 30.3 Å². The fourth-order valence-electron chi connectivity index (χ4n) is 3.08. The maximum Gasteiger partial charge on any atom is 0.261 e. The van der Waals surface area contributed by atoms with Crippen molar-refractivity contribution in [3.63, 3.8) is 0 Å². The molecule has 10 heteroatoms. The first-order chi connectivity index (χ1) is 16.7. The van der Waals surface area contributed by atoms with Crippen molar-refractivity contribution in [3.8, 4) is 22.8 Å². The van der Waals surface area contributed by atoms with E-state index in [4.69, 9.17) is 4.52 Å². The second-order valence-corrected chi connectivity index (χ2v) is 10.2. The summed E-state index contributed by atoms with van der Waals surface area (Å²) in [4.78, 5) is 16.6. The van der Waals surface area contributed by atoms with Gasteiger partial charge < -0.3 is 9.84 Å². The molecule has 0 aliphatic rings. The van der Waals surface area contributed by atoms with Crippen LogP contribution in [0, 0.1) is 5.41 Å². The summed E-state index contributed by atoms with van der Waals surface area (Å²) in [6.07, 6.45) is 0. The lowest BCUT2D eigenvalue weighted by Gasteiger charge is -2.19. The van der Waals surface area contributed by atoms with Crippen LogP contribution in [0.25, 0.3) is 22.8 Å². The molecule has 1 amide bonds. The van der Waals surface area contributed by atoms with Gasteiger partial charge in [0.15, 0.2) is 0 Å². The highest BCUT2D eigenvalue weighted by atomic mass is 32.2. The van der Waals surface area contributed by atoms with E-state index >= 15 is 0 Å². The SMILES string of the molecule is CC(C)(CF)C(=O)Nc1cccc(NS(=O)(=O)c2cccc(-c3noc(-c4ccccc4)n3)c2)c1. The molecular weight excluding hydrogens is 471 g/mol. The Morgan fingerprint density at radius 2 is 1.63 bits per heavy atom. The second kappa shape index (κ2) is 9.67. The number of aromatic nitrogens is 2. The third-order valence-electron chi connectivity index (χ3n) is 5.17. The molecule has 0 radical (unpaired) electrons. The van der Waals surface area contributed by atoms with E-state index in [1.54, 1.807) is 30.3 Å². The Morgan fingerprint density at radius 1 is 0.943 bits per heavy atom. The Kier molecular flexibility index (Phi) is 6.65. The topological polar surface area (TPSA) is 114 Å². The summed E-state index contributed by atoms with van der Waals surface area (Å²) in [5.74, 6) is 0.0607. The van der Waals surface area contributed by atoms with Crippen molar-refractivity contribution in [3.05, 3.63) is 78.9 Å². The molecule has 0 fully saturated rings. The Balaban J connectivity index is 1.54. The molecule has 1 heterocycles. The number of alkyl halides is 1. The van der Waals surface area contributed by atoms with Crippen molar-refractivity contribution in [2.45, 2.75) is 18.7 Å². The minimum Gasteiger partial charge on any atom is -0.334 e. The van der Waals surface area contributed by atoms with Gasteiger partial charge in [0, 0.05) is 16.8 Å². The van der Waals surface area contributed by atoms with E-state index in [0.29, 0.717) is 17.1 Å². The number of sulfonamides is 1. The van der Waals surface area contributed by atoms with Gasteiger partial charge in [-0.25, -0.2) is 12.8 Å². The Labute approximate surface area is 202 Å². The minimum absolute atomic E-state index is 0.00550. The van der Waals surface area contributed by atoms with Gasteiger partial charge in [0.2, 0.25) is 11.7 Å². The number of nitrogens with zero attached hydrogens (tertiary/aromatic N) is 2. The van der Waals surface area contributed by atoms with Gasteiger partial charge in [-0.3, -0.25) is 9.52 Å². The summed E-state index contributed by atoms with van der Waals surface area (Å²) in [6, 6.07) is 21.5. The first kappa shape index (κ1) is 24.1. The maximum absolute atomic E-state index is 13.1. The molecule has 1 aromatic heterocycles. The van der Waals surface area contributed by atoms with Crippen LogP contribution in [0.2, 0.25) is 0 Å². The van der Waals surface area contributed by atoms with Gasteiger partial charge in [-0.15, -0.1) is 0 Å². The molecule has 3 aromatic carbocycles. The number of rotatable bonds is 8. The fourth-order valence-corrected chi connectivity index (χ4v) is 4.17. The molecule has 2 N–H and O–H groups in total. The molecule has 180 valence electrons. The quantitative estimate of drug-likeness (QED) is 0.351. The second-order valence-electron chi connectivity index (χ2n) is 8.47. The van der Waals surface area contributed by atoms with Crippen molar-refractivity contribution < 1.29 is 22.1 Å². The predicted molar refractivity (Wildman–Crippen MR) is 131 cm³/mol. The Bertz CT molecular complexity index is 1450. The highest BCUT2D eigenvalue weighted by Crippen LogP contribution is 2.26. The van der Waals surface area contributed by atoms with Crippen LogP contribution in [0.15, 0.2) is 88.3 Å². The molecule has 0 unspecified atom stereocenters. The highest BCUT2D eigenvalue weighted by molar-refractivity contribution is 7.92. The molecule has 0 saturated heterocycles. The molecule has 0 aliphatic carbocycles. The number of halogens is 1. The molecule has 4 rings (SSSR count). The van der Waals surface area contributed by atoms with Crippen LogP contribution in [0.1, 0.15) is 13.8 Å². The van der Waals surface area contributed by atoms with Crippen LogP contribution >= 0.6 is 0 Å². The zero-order chi connectivity index (χ0) is 25.1. The zero-order valence-electron chi connectivity index (χ0n) is 19.0. The number of benzene rings is 3. The average molecular weight is 495 g/mol. The number of carbonyl (C=O) groups is 1. The smallest absolute Gasteiger partial charge is 0.261 e. The van der Waals surface area contributed by atoms with E-state index in [0.717, 1.165) is 5.56 Å². The standard InChI is InChI=1S/C25H23FN4O4S/c1-25(2,16-26)24(31)27-19-11-7-12-20(15-19)30-35(32,33)21-13-6-10-18(14-21)22-28-23(34-29-22)17-8-4-3-5-9-17/h3-15,30H,16H2,1-2H3,(H,27,31). The summed E-state index contributed by atoms with van der Waals surface area (Å²) >= 11 is 0. The summed E-state index contributed by atoms with van der Waals surface area (Å²) < 4.78 is 47.0. The molecular formula is C25H23FN4O4S. The number of anilines is 2. The number of hydrogen-bond acceptors (Lipinski definition) is 6. The minimum atomic E-state index is -3.98. The molecule has 0 bridgehead atoms. The van der Waals surface area contributed by atoms with Gasteiger partial charge in [-0.05, 0) is 56.3 Å². The predicted octanol–water partition coefficient (Wildman–Crippen LogP) is 5.14. The average Bonchev–Trinajstić information content (AvgIpc) is 3.35. The summed E-state index contributed by atoms with van der Waals surface area (Å²) in [5, 5.41) is 6.57. The Hall–Kier alpha value is -4.05. The van der Waals surface area contributed by atoms with E-state index in [9.17, 15) is 17.6 Å². The van der Waals surface area contributed by atoms with Gasteiger partial charge >= 0.3 is 0 Å². The first-order valence-electron chi connectivity index (χ1n) is 10.7. The van der Waals surface area contributed by atoms with E-state index in [2.05, 4.69) is 20.2 Å². The third kappa shape index (κ3) is 5.55. The molecule has 8 nitrogen and oxygen atoms in total. The number of amides is 1. The van der Waals surface area contributed by atoms with Gasteiger partial charge in [-0.2, -0.15) is 4.98 Å². The molecule has 4 aromatic rings. The zero-order valence-corrected chi connectivity index (χ0v) is 19.8. The van der Waals surface area contributed by atoms with Crippen molar-refractivity contribution in [2.75, 3.05) is 16.7 Å². The van der Waals surface area contributed by atoms with Gasteiger partial charge in [0.05, 0.1) is 16.0 Å². The van der Waals surface area contributed by atoms with E-state index < -0.39 is 28.0 Å². The van der Waals surface area contributed by atoms with Crippen LogP contribution in [0.3, 0.4) is 0 Å². The summed E-state index contributed by atoms with van der Waals surface area (Å²) in [6.45, 7) is 2.14. The summed E-state index contributed by atoms with van der Waals surface area (Å²) in [7, 11) is -3.98. The molecule has 0 aliphatic heterocycles. The van der Waals surface area contributed by atoms with Gasteiger partial charge in [0.1, 0.15) is 6.67 Å². The number of hydrogen-bond donors (Lipinski definition) is 2. The molecule has 0 saturated carbocycles. The van der Waals surface area contributed by atoms with Crippen LogP contribution < -0.4 is 10.0 Å². The maximum atomic E-state index is 13.1. The number of carbonyl (C=O) groups excluding carboxylic acids is 1. The fraction of sp³-hybridized carbons (Fsp3) is 0.160. The van der Waals surface area contributed by atoms with Crippen molar-refractivity contribution >= 4 is 27.3 Å².